The van der Waals surface area contributed by atoms with E-state index in [0.29, 0.717) is 0 Å². The summed E-state index contributed by atoms with van der Waals surface area (Å²) in [5.74, 6) is 4.18. The van der Waals surface area contributed by atoms with E-state index >= 15 is 0 Å². The third kappa shape index (κ3) is 4.72. The quantitative estimate of drug-likeness (QED) is 0.445. The van der Waals surface area contributed by atoms with Crippen LogP contribution in [0, 0.1) is 13.8 Å². The number of carbonyl (C=O) groups is 1. The number of hydrogen-bond acceptors (Lipinski definition) is 4. The molecule has 2 rings (SSSR count). The highest BCUT2D eigenvalue weighted by atomic mass is 35.5. The molecule has 0 saturated heterocycles. The predicted molar refractivity (Wildman–Crippen MR) is 95.4 cm³/mol. The zero-order valence-corrected chi connectivity index (χ0v) is 13.8. The lowest BCUT2D eigenvalue weighted by molar-refractivity contribution is -0.138. The lowest BCUT2D eigenvalue weighted by atomic mass is 10.0. The van der Waals surface area contributed by atoms with Crippen molar-refractivity contribution in [3.8, 4) is 0 Å². The molecule has 0 spiro atoms. The summed E-state index contributed by atoms with van der Waals surface area (Å²) in [4.78, 5) is 11.6. The van der Waals surface area contributed by atoms with Crippen molar-refractivity contribution in [2.24, 2.45) is 10.9 Å². The first-order valence-electron chi connectivity index (χ1n) is 6.91. The van der Waals surface area contributed by atoms with Gasteiger partial charge in [0, 0.05) is 5.69 Å². The maximum Gasteiger partial charge on any atom is 0.330 e. The van der Waals surface area contributed by atoms with Crippen LogP contribution in [0.3, 0.4) is 0 Å². The van der Waals surface area contributed by atoms with Crippen LogP contribution < -0.4 is 11.2 Å². The van der Waals surface area contributed by atoms with Gasteiger partial charge in [-0.05, 0) is 48.2 Å². The van der Waals surface area contributed by atoms with Crippen molar-refractivity contribution >= 4 is 30.3 Å². The molecule has 0 radical (unpaired) electrons. The highest BCUT2D eigenvalue weighted by Gasteiger charge is 2.19. The molecule has 5 nitrogen and oxygen atoms in total. The molecule has 2 aromatic rings. The summed E-state index contributed by atoms with van der Waals surface area (Å²) in [6.07, 6.45) is 1.53. The SMILES string of the molecule is Cc1ccc(C(Nc2ccc(C=NN)cc2)C(=O)O)cc1C.Cl. The lowest BCUT2D eigenvalue weighted by Gasteiger charge is -2.17. The number of carboxylic acids is 1. The van der Waals surface area contributed by atoms with E-state index in [1.807, 2.05) is 44.2 Å². The molecule has 23 heavy (non-hydrogen) atoms. The Balaban J connectivity index is 0.00000264. The van der Waals surface area contributed by atoms with Gasteiger partial charge >= 0.3 is 5.97 Å². The van der Waals surface area contributed by atoms with E-state index in [0.717, 1.165) is 27.9 Å². The monoisotopic (exact) mass is 333 g/mol. The number of benzene rings is 2. The van der Waals surface area contributed by atoms with E-state index in [4.69, 9.17) is 5.84 Å². The van der Waals surface area contributed by atoms with Crippen LogP contribution in [0.4, 0.5) is 5.69 Å². The van der Waals surface area contributed by atoms with Gasteiger partial charge in [-0.15, -0.1) is 12.4 Å². The summed E-state index contributed by atoms with van der Waals surface area (Å²) < 4.78 is 0. The minimum Gasteiger partial charge on any atom is -0.479 e. The van der Waals surface area contributed by atoms with Crippen LogP contribution in [0.2, 0.25) is 0 Å². The maximum atomic E-state index is 11.6. The van der Waals surface area contributed by atoms with Gasteiger partial charge in [-0.2, -0.15) is 5.10 Å². The molecule has 2 aromatic carbocycles. The van der Waals surface area contributed by atoms with E-state index in [9.17, 15) is 9.90 Å². The smallest absolute Gasteiger partial charge is 0.330 e. The first-order valence-corrected chi connectivity index (χ1v) is 6.91. The molecule has 0 aliphatic carbocycles. The number of aliphatic carboxylic acids is 1. The van der Waals surface area contributed by atoms with Gasteiger partial charge in [0.1, 0.15) is 0 Å². The highest BCUT2D eigenvalue weighted by molar-refractivity contribution is 5.85. The Morgan fingerprint density at radius 3 is 2.35 bits per heavy atom. The van der Waals surface area contributed by atoms with Crippen molar-refractivity contribution < 1.29 is 9.90 Å². The number of rotatable bonds is 5. The molecule has 122 valence electrons. The van der Waals surface area contributed by atoms with E-state index in [2.05, 4.69) is 10.4 Å². The molecular formula is C17H20ClN3O2. The molecule has 0 amide bonds. The van der Waals surface area contributed by atoms with Crippen LogP contribution in [-0.4, -0.2) is 17.3 Å². The van der Waals surface area contributed by atoms with Gasteiger partial charge in [0.15, 0.2) is 6.04 Å². The first kappa shape index (κ1) is 18.5. The second-order valence-corrected chi connectivity index (χ2v) is 5.16. The van der Waals surface area contributed by atoms with Gasteiger partial charge in [0.25, 0.3) is 0 Å². The Morgan fingerprint density at radius 1 is 1.17 bits per heavy atom. The van der Waals surface area contributed by atoms with Crippen molar-refractivity contribution in [1.29, 1.82) is 0 Å². The van der Waals surface area contributed by atoms with Gasteiger partial charge < -0.3 is 16.3 Å². The Morgan fingerprint density at radius 2 is 1.83 bits per heavy atom. The molecular weight excluding hydrogens is 314 g/mol. The fourth-order valence-electron chi connectivity index (χ4n) is 2.15. The fraction of sp³-hybridized carbons (Fsp3) is 0.176. The molecule has 0 saturated carbocycles. The molecule has 1 unspecified atom stereocenters. The molecule has 0 aromatic heterocycles. The van der Waals surface area contributed by atoms with Crippen LogP contribution >= 0.6 is 12.4 Å². The number of carboxylic acid groups (broad SMARTS) is 1. The van der Waals surface area contributed by atoms with Gasteiger partial charge in [0.05, 0.1) is 6.21 Å². The van der Waals surface area contributed by atoms with Crippen molar-refractivity contribution in [1.82, 2.24) is 0 Å². The third-order valence-electron chi connectivity index (χ3n) is 3.56. The molecule has 1 atom stereocenters. The number of aryl methyl sites for hydroxylation is 2. The van der Waals surface area contributed by atoms with Crippen molar-refractivity contribution in [3.05, 3.63) is 64.7 Å². The lowest BCUT2D eigenvalue weighted by Crippen LogP contribution is -2.20. The summed E-state index contributed by atoms with van der Waals surface area (Å²) in [7, 11) is 0. The van der Waals surface area contributed by atoms with Gasteiger partial charge in [-0.3, -0.25) is 0 Å². The maximum absolute atomic E-state index is 11.6. The van der Waals surface area contributed by atoms with E-state index < -0.39 is 12.0 Å². The molecule has 0 aliphatic heterocycles. The minimum atomic E-state index is -0.921. The van der Waals surface area contributed by atoms with Crippen molar-refractivity contribution in [2.75, 3.05) is 5.32 Å². The van der Waals surface area contributed by atoms with Crippen LogP contribution in [0.25, 0.3) is 0 Å². The zero-order chi connectivity index (χ0) is 16.1. The second-order valence-electron chi connectivity index (χ2n) is 5.16. The number of hydrogen-bond donors (Lipinski definition) is 3. The molecule has 0 aliphatic rings. The van der Waals surface area contributed by atoms with Crippen molar-refractivity contribution in [2.45, 2.75) is 19.9 Å². The standard InChI is InChI=1S/C17H19N3O2.ClH/c1-11-3-6-14(9-12(11)2)16(17(21)22)20-15-7-4-13(5-8-15)10-19-18;/h3-10,16,20H,18H2,1-2H3,(H,21,22);1H. The average molecular weight is 334 g/mol. The Labute approximate surface area is 141 Å². The van der Waals surface area contributed by atoms with E-state index in [1.54, 1.807) is 12.1 Å². The first-order chi connectivity index (χ1) is 10.5. The Hall–Kier alpha value is -2.53. The molecule has 0 bridgehead atoms. The summed E-state index contributed by atoms with van der Waals surface area (Å²) in [5, 5.41) is 16.0. The van der Waals surface area contributed by atoms with Gasteiger partial charge in [-0.25, -0.2) is 4.79 Å². The minimum absolute atomic E-state index is 0. The average Bonchev–Trinajstić information content (AvgIpc) is 2.49. The summed E-state index contributed by atoms with van der Waals surface area (Å²) >= 11 is 0. The van der Waals surface area contributed by atoms with E-state index in [-0.39, 0.29) is 12.4 Å². The molecule has 6 heteroatoms. The normalized spacial score (nSPS) is 11.7. The number of nitrogens with one attached hydrogen (secondary N) is 1. The summed E-state index contributed by atoms with van der Waals surface area (Å²) in [5.41, 5.74) is 4.51. The van der Waals surface area contributed by atoms with Crippen LogP contribution in [0.1, 0.15) is 28.3 Å². The highest BCUT2D eigenvalue weighted by Crippen LogP contribution is 2.22. The number of nitrogens with two attached hydrogens (primary N) is 1. The Bertz CT molecular complexity index is 699. The number of halogens is 1. The third-order valence-corrected chi connectivity index (χ3v) is 3.56. The predicted octanol–water partition coefficient (Wildman–Crippen LogP) is 3.26. The number of hydrazone groups is 1. The van der Waals surface area contributed by atoms with Crippen LogP contribution in [0.15, 0.2) is 47.6 Å². The zero-order valence-electron chi connectivity index (χ0n) is 13.0. The summed E-state index contributed by atoms with van der Waals surface area (Å²) in [6.45, 7) is 3.97. The van der Waals surface area contributed by atoms with Crippen LogP contribution in [0.5, 0.6) is 0 Å². The number of anilines is 1. The topological polar surface area (TPSA) is 87.7 Å². The number of nitrogens with zero attached hydrogens (tertiary/aromatic N) is 1. The fourth-order valence-corrected chi connectivity index (χ4v) is 2.15. The molecule has 4 N–H and O–H groups in total. The van der Waals surface area contributed by atoms with Gasteiger partial charge in [0.2, 0.25) is 0 Å². The second kappa shape index (κ2) is 8.19. The van der Waals surface area contributed by atoms with Crippen molar-refractivity contribution in [3.63, 3.8) is 0 Å². The largest absolute Gasteiger partial charge is 0.479 e. The Kier molecular flexibility index (Phi) is 6.60. The van der Waals surface area contributed by atoms with E-state index in [1.165, 1.54) is 6.21 Å². The van der Waals surface area contributed by atoms with Gasteiger partial charge in [-0.1, -0.05) is 30.3 Å². The van der Waals surface area contributed by atoms with Crippen LogP contribution in [-0.2, 0) is 4.79 Å². The molecule has 0 fully saturated rings. The molecule has 0 heterocycles. The summed E-state index contributed by atoms with van der Waals surface area (Å²) in [6, 6.07) is 12.1.